The van der Waals surface area contributed by atoms with E-state index < -0.39 is 0 Å². The Morgan fingerprint density at radius 1 is 1.33 bits per heavy atom. The molecule has 7 heteroatoms. The smallest absolute Gasteiger partial charge is 0.259 e. The standard InChI is InChI=1S/C17H23N3O2S2/c1-17(2,3)20-13(21)9-23-8-12-18-15(22)14-10-6-4-5-7-11(10)24-16(14)19-12/h4-9H2,1-3H3,(H,20,21)(H,18,19,22). The third kappa shape index (κ3) is 4.00. The Kier molecular flexibility index (Phi) is 5.01. The molecule has 5 nitrogen and oxygen atoms in total. The van der Waals surface area contributed by atoms with Gasteiger partial charge in [-0.05, 0) is 52.0 Å². The zero-order chi connectivity index (χ0) is 17.3. The molecule has 3 rings (SSSR count). The van der Waals surface area contributed by atoms with Crippen molar-refractivity contribution >= 4 is 39.2 Å². The summed E-state index contributed by atoms with van der Waals surface area (Å²) in [4.78, 5) is 34.0. The summed E-state index contributed by atoms with van der Waals surface area (Å²) in [6.07, 6.45) is 4.40. The molecule has 0 radical (unpaired) electrons. The first-order chi connectivity index (χ1) is 11.3. The van der Waals surface area contributed by atoms with Crippen LogP contribution in [0.4, 0.5) is 0 Å². The molecular weight excluding hydrogens is 342 g/mol. The Balaban J connectivity index is 1.70. The van der Waals surface area contributed by atoms with Crippen molar-refractivity contribution < 1.29 is 4.79 Å². The second kappa shape index (κ2) is 6.88. The van der Waals surface area contributed by atoms with Gasteiger partial charge in [-0.25, -0.2) is 4.98 Å². The van der Waals surface area contributed by atoms with E-state index in [1.165, 1.54) is 28.6 Å². The normalized spacial score (nSPS) is 14.6. The highest BCUT2D eigenvalue weighted by Gasteiger charge is 2.20. The van der Waals surface area contributed by atoms with Crippen molar-refractivity contribution in [1.29, 1.82) is 0 Å². The number of thiophene rings is 1. The molecule has 24 heavy (non-hydrogen) atoms. The van der Waals surface area contributed by atoms with E-state index in [1.54, 1.807) is 11.3 Å². The summed E-state index contributed by atoms with van der Waals surface area (Å²) in [6.45, 7) is 5.88. The van der Waals surface area contributed by atoms with Gasteiger partial charge in [-0.3, -0.25) is 9.59 Å². The van der Waals surface area contributed by atoms with Crippen LogP contribution in [0.5, 0.6) is 0 Å². The number of H-pyrrole nitrogens is 1. The minimum absolute atomic E-state index is 0.00233. The highest BCUT2D eigenvalue weighted by molar-refractivity contribution is 7.99. The molecule has 2 N–H and O–H groups in total. The van der Waals surface area contributed by atoms with E-state index in [-0.39, 0.29) is 17.0 Å². The molecule has 0 saturated carbocycles. The molecular formula is C17H23N3O2S2. The maximum absolute atomic E-state index is 12.4. The zero-order valence-corrected chi connectivity index (χ0v) is 16.0. The Labute approximate surface area is 149 Å². The van der Waals surface area contributed by atoms with Gasteiger partial charge < -0.3 is 10.3 Å². The molecule has 0 saturated heterocycles. The third-order valence-corrected chi connectivity index (χ3v) is 5.99. The van der Waals surface area contributed by atoms with E-state index in [2.05, 4.69) is 15.3 Å². The van der Waals surface area contributed by atoms with Crippen LogP contribution in [0.3, 0.4) is 0 Å². The highest BCUT2D eigenvalue weighted by Crippen LogP contribution is 2.33. The van der Waals surface area contributed by atoms with Gasteiger partial charge in [0.25, 0.3) is 5.56 Å². The quantitative estimate of drug-likeness (QED) is 0.873. The summed E-state index contributed by atoms with van der Waals surface area (Å²) in [6, 6.07) is 0. The first-order valence-corrected chi connectivity index (χ1v) is 10.2. The minimum atomic E-state index is -0.223. The number of aromatic nitrogens is 2. The number of fused-ring (bicyclic) bond motifs is 3. The highest BCUT2D eigenvalue weighted by atomic mass is 32.2. The van der Waals surface area contributed by atoms with Gasteiger partial charge in [0.15, 0.2) is 0 Å². The van der Waals surface area contributed by atoms with E-state index in [4.69, 9.17) is 0 Å². The molecule has 0 spiro atoms. The van der Waals surface area contributed by atoms with Crippen molar-refractivity contribution in [2.45, 2.75) is 57.7 Å². The topological polar surface area (TPSA) is 74.8 Å². The minimum Gasteiger partial charge on any atom is -0.351 e. The van der Waals surface area contributed by atoms with Crippen LogP contribution in [-0.4, -0.2) is 27.2 Å². The van der Waals surface area contributed by atoms with Crippen molar-refractivity contribution in [3.8, 4) is 0 Å². The van der Waals surface area contributed by atoms with Crippen molar-refractivity contribution in [1.82, 2.24) is 15.3 Å². The van der Waals surface area contributed by atoms with Crippen molar-refractivity contribution in [2.24, 2.45) is 0 Å². The molecule has 1 aliphatic carbocycles. The average molecular weight is 366 g/mol. The summed E-state index contributed by atoms with van der Waals surface area (Å²) in [5.74, 6) is 1.55. The Morgan fingerprint density at radius 3 is 2.83 bits per heavy atom. The van der Waals surface area contributed by atoms with Crippen LogP contribution in [0.25, 0.3) is 10.2 Å². The van der Waals surface area contributed by atoms with E-state index in [1.807, 2.05) is 20.8 Å². The fourth-order valence-corrected chi connectivity index (χ4v) is 4.94. The fraction of sp³-hybridized carbons (Fsp3) is 0.588. The van der Waals surface area contributed by atoms with Crippen molar-refractivity contribution in [2.75, 3.05) is 5.75 Å². The Hall–Kier alpha value is -1.34. The maximum atomic E-state index is 12.4. The summed E-state index contributed by atoms with van der Waals surface area (Å²) in [5, 5.41) is 3.72. The molecule has 0 bridgehead atoms. The SMILES string of the molecule is CC(C)(C)NC(=O)CSCc1nc2sc3c(c2c(=O)[nH]1)CCCC3. The summed E-state index contributed by atoms with van der Waals surface area (Å²) in [7, 11) is 0. The van der Waals surface area contributed by atoms with Gasteiger partial charge in [-0.15, -0.1) is 23.1 Å². The van der Waals surface area contributed by atoms with E-state index in [0.717, 1.165) is 29.5 Å². The lowest BCUT2D eigenvalue weighted by Crippen LogP contribution is -2.41. The van der Waals surface area contributed by atoms with Crippen LogP contribution in [0, 0.1) is 0 Å². The Morgan fingerprint density at radius 2 is 2.08 bits per heavy atom. The van der Waals surface area contributed by atoms with Gasteiger partial charge in [-0.2, -0.15) is 0 Å². The third-order valence-electron chi connectivity index (χ3n) is 3.86. The molecule has 2 aromatic heterocycles. The molecule has 0 unspecified atom stereocenters. The summed E-state index contributed by atoms with van der Waals surface area (Å²) < 4.78 is 0. The number of aryl methyl sites for hydroxylation is 2. The van der Waals surface area contributed by atoms with Gasteiger partial charge in [0.1, 0.15) is 10.7 Å². The second-order valence-electron chi connectivity index (χ2n) is 7.19. The van der Waals surface area contributed by atoms with Crippen LogP contribution >= 0.6 is 23.1 Å². The van der Waals surface area contributed by atoms with Crippen LogP contribution in [-0.2, 0) is 23.4 Å². The number of hydrogen-bond donors (Lipinski definition) is 2. The molecule has 0 fully saturated rings. The number of rotatable bonds is 4. The number of amides is 1. The molecule has 130 valence electrons. The second-order valence-corrected chi connectivity index (χ2v) is 9.26. The van der Waals surface area contributed by atoms with Gasteiger partial charge in [0.2, 0.25) is 5.91 Å². The Bertz CT molecular complexity index is 818. The van der Waals surface area contributed by atoms with Crippen LogP contribution in [0.1, 0.15) is 49.9 Å². The molecule has 0 atom stereocenters. The lowest BCUT2D eigenvalue weighted by atomic mass is 9.97. The number of aromatic amines is 1. The number of nitrogens with one attached hydrogen (secondary N) is 2. The van der Waals surface area contributed by atoms with E-state index in [0.29, 0.717) is 17.3 Å². The number of nitrogens with zero attached hydrogens (tertiary/aromatic N) is 1. The van der Waals surface area contributed by atoms with Gasteiger partial charge >= 0.3 is 0 Å². The molecule has 0 aromatic carbocycles. The summed E-state index contributed by atoms with van der Waals surface area (Å²) >= 11 is 3.12. The van der Waals surface area contributed by atoms with Gasteiger partial charge in [0.05, 0.1) is 16.9 Å². The van der Waals surface area contributed by atoms with Crippen molar-refractivity contribution in [3.05, 3.63) is 26.6 Å². The van der Waals surface area contributed by atoms with E-state index >= 15 is 0 Å². The zero-order valence-electron chi connectivity index (χ0n) is 14.3. The molecule has 0 aliphatic heterocycles. The predicted octanol–water partition coefficient (Wildman–Crippen LogP) is 3.01. The molecule has 1 amide bonds. The van der Waals surface area contributed by atoms with Gasteiger partial charge in [-0.1, -0.05) is 0 Å². The molecule has 2 heterocycles. The number of hydrogen-bond acceptors (Lipinski definition) is 5. The van der Waals surface area contributed by atoms with Crippen molar-refractivity contribution in [3.63, 3.8) is 0 Å². The maximum Gasteiger partial charge on any atom is 0.259 e. The number of carbonyl (C=O) groups is 1. The first kappa shape index (κ1) is 17.5. The largest absolute Gasteiger partial charge is 0.351 e. The lowest BCUT2D eigenvalue weighted by molar-refractivity contribution is -0.119. The van der Waals surface area contributed by atoms with E-state index in [9.17, 15) is 9.59 Å². The number of carbonyl (C=O) groups excluding carboxylic acids is 1. The first-order valence-electron chi connectivity index (χ1n) is 8.26. The van der Waals surface area contributed by atoms with Crippen LogP contribution < -0.4 is 10.9 Å². The monoisotopic (exact) mass is 365 g/mol. The number of thioether (sulfide) groups is 1. The fourth-order valence-electron chi connectivity index (χ4n) is 2.97. The molecule has 1 aliphatic rings. The van der Waals surface area contributed by atoms with Crippen LogP contribution in [0.15, 0.2) is 4.79 Å². The predicted molar refractivity (Wildman–Crippen MR) is 101 cm³/mol. The van der Waals surface area contributed by atoms with Gasteiger partial charge in [0, 0.05) is 10.4 Å². The molecule has 2 aromatic rings. The lowest BCUT2D eigenvalue weighted by Gasteiger charge is -2.20. The van der Waals surface area contributed by atoms with Crippen LogP contribution in [0.2, 0.25) is 0 Å². The summed E-state index contributed by atoms with van der Waals surface area (Å²) in [5.41, 5.74) is 0.951. The average Bonchev–Trinajstić information content (AvgIpc) is 2.83.